The van der Waals surface area contributed by atoms with Gasteiger partial charge in [0.05, 0.1) is 17.8 Å². The average Bonchev–Trinajstić information content (AvgIpc) is 3.20. The summed E-state index contributed by atoms with van der Waals surface area (Å²) in [6.45, 7) is 6.38. The third kappa shape index (κ3) is 4.48. The number of sulfonamides is 1. The number of halogens is 2. The highest BCUT2D eigenvalue weighted by atomic mass is 32.2. The molecular formula is C23H25F2N3O6S. The van der Waals surface area contributed by atoms with E-state index in [4.69, 9.17) is 9.15 Å². The smallest absolute Gasteiger partial charge is 0.434 e. The molecule has 0 spiro atoms. The lowest BCUT2D eigenvalue weighted by Gasteiger charge is -2.32. The van der Waals surface area contributed by atoms with Gasteiger partial charge in [0.15, 0.2) is 0 Å². The van der Waals surface area contributed by atoms with Gasteiger partial charge in [0.25, 0.3) is 0 Å². The number of aliphatic hydroxyl groups is 1. The molecule has 3 unspecified atom stereocenters. The summed E-state index contributed by atoms with van der Waals surface area (Å²) >= 11 is 0. The number of ether oxygens (including phenoxy) is 1. The molecule has 35 heavy (non-hydrogen) atoms. The third-order valence-electron chi connectivity index (χ3n) is 6.42. The number of nitrogens with zero attached hydrogens (tertiary/aromatic N) is 1. The zero-order valence-corrected chi connectivity index (χ0v) is 20.3. The largest absolute Gasteiger partial charge is 0.492 e. The SMILES string of the molecule is Cc1ccc(F)c(C(C)C(NS(=O)(=O)c2ccc(F)c3c2OCCC3(C)O)c2n[nH]c(=O)o2)c1C. The van der Waals surface area contributed by atoms with E-state index in [2.05, 4.69) is 14.9 Å². The number of rotatable bonds is 6. The van der Waals surface area contributed by atoms with Crippen LogP contribution in [0.15, 0.2) is 38.4 Å². The first-order valence-corrected chi connectivity index (χ1v) is 12.3. The van der Waals surface area contributed by atoms with E-state index in [1.807, 2.05) is 0 Å². The van der Waals surface area contributed by atoms with Crippen LogP contribution in [0.1, 0.15) is 60.4 Å². The molecule has 1 aromatic heterocycles. The Labute approximate surface area is 200 Å². The second-order valence-corrected chi connectivity index (χ2v) is 10.5. The minimum absolute atomic E-state index is 0.0340. The monoisotopic (exact) mass is 509 g/mol. The van der Waals surface area contributed by atoms with Gasteiger partial charge in [-0.15, -0.1) is 5.10 Å². The molecule has 3 atom stereocenters. The molecule has 3 N–H and O–H groups in total. The van der Waals surface area contributed by atoms with Crippen LogP contribution in [0.5, 0.6) is 5.75 Å². The number of fused-ring (bicyclic) bond motifs is 1. The lowest BCUT2D eigenvalue weighted by Crippen LogP contribution is -2.35. The Hall–Kier alpha value is -3.09. The van der Waals surface area contributed by atoms with Gasteiger partial charge in [0.2, 0.25) is 15.9 Å². The quantitative estimate of drug-likeness (QED) is 0.465. The van der Waals surface area contributed by atoms with Gasteiger partial charge in [0.1, 0.15) is 28.3 Å². The van der Waals surface area contributed by atoms with Gasteiger partial charge in [-0.25, -0.2) is 27.1 Å². The van der Waals surface area contributed by atoms with Gasteiger partial charge in [-0.3, -0.25) is 0 Å². The Morgan fingerprint density at radius 2 is 1.89 bits per heavy atom. The molecule has 2 heterocycles. The number of hydrogen-bond donors (Lipinski definition) is 3. The van der Waals surface area contributed by atoms with Crippen LogP contribution in [0.2, 0.25) is 0 Å². The van der Waals surface area contributed by atoms with Crippen molar-refractivity contribution in [1.29, 1.82) is 0 Å². The number of hydrogen-bond acceptors (Lipinski definition) is 7. The lowest BCUT2D eigenvalue weighted by molar-refractivity contribution is 0.00963. The zero-order chi connectivity index (χ0) is 25.7. The summed E-state index contributed by atoms with van der Waals surface area (Å²) < 4.78 is 69.5. The van der Waals surface area contributed by atoms with Crippen LogP contribution in [0, 0.1) is 25.5 Å². The lowest BCUT2D eigenvalue weighted by atomic mass is 9.88. The van der Waals surface area contributed by atoms with Crippen LogP contribution >= 0.6 is 0 Å². The highest BCUT2D eigenvalue weighted by Gasteiger charge is 2.40. The van der Waals surface area contributed by atoms with E-state index in [9.17, 15) is 27.1 Å². The van der Waals surface area contributed by atoms with Crippen molar-refractivity contribution in [1.82, 2.24) is 14.9 Å². The number of H-pyrrole nitrogens is 1. The van der Waals surface area contributed by atoms with Crippen molar-refractivity contribution in [2.24, 2.45) is 0 Å². The number of nitrogens with one attached hydrogen (secondary N) is 2. The molecule has 1 aliphatic rings. The molecule has 2 aromatic carbocycles. The summed E-state index contributed by atoms with van der Waals surface area (Å²) in [7, 11) is -4.49. The second kappa shape index (κ2) is 8.85. The van der Waals surface area contributed by atoms with E-state index in [-0.39, 0.29) is 35.8 Å². The van der Waals surface area contributed by atoms with Gasteiger partial charge in [-0.1, -0.05) is 13.0 Å². The van der Waals surface area contributed by atoms with Crippen molar-refractivity contribution in [2.75, 3.05) is 6.61 Å². The molecule has 0 bridgehead atoms. The molecule has 0 saturated carbocycles. The molecule has 188 valence electrons. The van der Waals surface area contributed by atoms with Gasteiger partial charge in [-0.2, -0.15) is 4.72 Å². The summed E-state index contributed by atoms with van der Waals surface area (Å²) in [5.41, 5.74) is -0.335. The third-order valence-corrected chi connectivity index (χ3v) is 7.89. The highest BCUT2D eigenvalue weighted by Crippen LogP contribution is 2.43. The van der Waals surface area contributed by atoms with Crippen LogP contribution in [-0.4, -0.2) is 30.3 Å². The van der Waals surface area contributed by atoms with Gasteiger partial charge in [0, 0.05) is 12.3 Å². The fourth-order valence-electron chi connectivity index (χ4n) is 4.37. The molecule has 0 amide bonds. The van der Waals surface area contributed by atoms with Crippen LogP contribution in [-0.2, 0) is 15.6 Å². The van der Waals surface area contributed by atoms with Crippen LogP contribution < -0.4 is 15.2 Å². The maximum absolute atomic E-state index is 14.9. The Morgan fingerprint density at radius 3 is 2.54 bits per heavy atom. The minimum Gasteiger partial charge on any atom is -0.492 e. The Kier molecular flexibility index (Phi) is 6.32. The van der Waals surface area contributed by atoms with E-state index >= 15 is 0 Å². The van der Waals surface area contributed by atoms with Gasteiger partial charge < -0.3 is 14.3 Å². The predicted molar refractivity (Wildman–Crippen MR) is 121 cm³/mol. The fraction of sp³-hybridized carbons (Fsp3) is 0.391. The van der Waals surface area contributed by atoms with Crippen molar-refractivity contribution in [3.8, 4) is 5.75 Å². The van der Waals surface area contributed by atoms with Crippen molar-refractivity contribution in [3.63, 3.8) is 0 Å². The van der Waals surface area contributed by atoms with E-state index in [1.165, 1.54) is 13.0 Å². The molecule has 9 nitrogen and oxygen atoms in total. The molecule has 0 aliphatic carbocycles. The summed E-state index contributed by atoms with van der Waals surface area (Å²) in [5, 5.41) is 16.5. The Bertz CT molecular complexity index is 1450. The Morgan fingerprint density at radius 1 is 1.20 bits per heavy atom. The van der Waals surface area contributed by atoms with Crippen molar-refractivity contribution >= 4 is 10.0 Å². The molecule has 0 radical (unpaired) electrons. The standard InChI is InChI=1S/C23H25F2N3O6S/c1-11-5-6-14(24)17(12(11)2)13(3)19(21-26-27-22(29)34-21)28-35(31,32)16-8-7-15(25)18-20(16)33-10-9-23(18,4)30/h5-8,13,19,28,30H,9-10H2,1-4H3,(H,27,29). The molecular weight excluding hydrogens is 484 g/mol. The van der Waals surface area contributed by atoms with Crippen molar-refractivity contribution < 1.29 is 31.5 Å². The maximum atomic E-state index is 14.9. The first-order valence-electron chi connectivity index (χ1n) is 10.8. The maximum Gasteiger partial charge on any atom is 0.434 e. The van der Waals surface area contributed by atoms with E-state index in [1.54, 1.807) is 26.8 Å². The van der Waals surface area contributed by atoms with Gasteiger partial charge >= 0.3 is 5.76 Å². The van der Waals surface area contributed by atoms with Gasteiger partial charge in [-0.05, 0) is 55.7 Å². The molecule has 1 aliphatic heterocycles. The first kappa shape index (κ1) is 25.0. The van der Waals surface area contributed by atoms with E-state index in [0.717, 1.165) is 17.7 Å². The average molecular weight is 510 g/mol. The summed E-state index contributed by atoms with van der Waals surface area (Å²) in [4.78, 5) is 11.2. The highest BCUT2D eigenvalue weighted by molar-refractivity contribution is 7.89. The van der Waals surface area contributed by atoms with Crippen LogP contribution in [0.25, 0.3) is 0 Å². The van der Waals surface area contributed by atoms with Crippen LogP contribution in [0.4, 0.5) is 8.78 Å². The van der Waals surface area contributed by atoms with E-state index in [0.29, 0.717) is 5.56 Å². The number of aromatic amines is 1. The number of benzene rings is 2. The number of aromatic nitrogens is 2. The molecule has 12 heteroatoms. The second-order valence-electron chi connectivity index (χ2n) is 8.86. The molecule has 0 fully saturated rings. The predicted octanol–water partition coefficient (Wildman–Crippen LogP) is 3.07. The molecule has 3 aromatic rings. The van der Waals surface area contributed by atoms with Crippen LogP contribution in [0.3, 0.4) is 0 Å². The number of aryl methyl sites for hydroxylation is 1. The van der Waals surface area contributed by atoms with E-state index < -0.39 is 49.9 Å². The minimum atomic E-state index is -4.49. The fourth-order valence-corrected chi connectivity index (χ4v) is 5.79. The topological polar surface area (TPSA) is 135 Å². The van der Waals surface area contributed by atoms with Crippen molar-refractivity contribution in [2.45, 2.75) is 56.6 Å². The summed E-state index contributed by atoms with van der Waals surface area (Å²) in [5.74, 6) is -3.81. The van der Waals surface area contributed by atoms with Crippen molar-refractivity contribution in [3.05, 3.63) is 74.6 Å². The summed E-state index contributed by atoms with van der Waals surface area (Å²) in [6, 6.07) is 3.49. The zero-order valence-electron chi connectivity index (χ0n) is 19.5. The summed E-state index contributed by atoms with van der Waals surface area (Å²) in [6.07, 6.45) is 0.0673. The Balaban J connectivity index is 1.84. The molecule has 4 rings (SSSR count). The molecule has 0 saturated heterocycles. The normalized spacial score (nSPS) is 19.6. The first-order chi connectivity index (χ1) is 16.3.